The molecule has 5 nitrogen and oxygen atoms in total. The molecule has 0 unspecified atom stereocenters. The Balaban J connectivity index is 1.50. The van der Waals surface area contributed by atoms with Crippen molar-refractivity contribution in [2.45, 2.75) is 18.9 Å². The molecule has 2 aromatic rings. The Morgan fingerprint density at radius 3 is 2.75 bits per heavy atom. The second-order valence-corrected chi connectivity index (χ2v) is 5.90. The summed E-state index contributed by atoms with van der Waals surface area (Å²) in [5.41, 5.74) is 1.61. The molecule has 2 aliphatic heterocycles. The minimum Gasteiger partial charge on any atom is -0.454 e. The van der Waals surface area contributed by atoms with Gasteiger partial charge in [-0.2, -0.15) is 0 Å². The molecule has 2 aliphatic rings. The van der Waals surface area contributed by atoms with Gasteiger partial charge in [0.15, 0.2) is 11.5 Å². The van der Waals surface area contributed by atoms with Crippen molar-refractivity contribution in [3.63, 3.8) is 0 Å². The highest BCUT2D eigenvalue weighted by molar-refractivity contribution is 5.90. The van der Waals surface area contributed by atoms with Crippen molar-refractivity contribution in [2.75, 3.05) is 18.7 Å². The number of nitrogens with one attached hydrogen (secondary N) is 1. The number of likely N-dealkylation sites (tertiary alicyclic amines) is 1. The Kier molecular flexibility index (Phi) is 3.72. The summed E-state index contributed by atoms with van der Waals surface area (Å²) in [4.78, 5) is 14.4. The molecule has 0 saturated carbocycles. The van der Waals surface area contributed by atoms with E-state index in [1.165, 1.54) is 12.1 Å². The maximum absolute atomic E-state index is 13.1. The van der Waals surface area contributed by atoms with Crippen LogP contribution in [-0.2, 0) is 0 Å². The van der Waals surface area contributed by atoms with Gasteiger partial charge >= 0.3 is 6.03 Å². The molecule has 1 saturated heterocycles. The van der Waals surface area contributed by atoms with Crippen LogP contribution in [0.25, 0.3) is 0 Å². The molecule has 2 heterocycles. The van der Waals surface area contributed by atoms with Gasteiger partial charge in [-0.05, 0) is 42.7 Å². The molecule has 2 aromatic carbocycles. The number of ether oxygens (including phenoxy) is 2. The van der Waals surface area contributed by atoms with Crippen molar-refractivity contribution < 1.29 is 18.7 Å². The second kappa shape index (κ2) is 6.03. The maximum atomic E-state index is 13.1. The first-order chi connectivity index (χ1) is 11.7. The van der Waals surface area contributed by atoms with Crippen LogP contribution < -0.4 is 14.8 Å². The summed E-state index contributed by atoms with van der Waals surface area (Å²) in [6.45, 7) is 0.879. The van der Waals surface area contributed by atoms with Gasteiger partial charge in [-0.15, -0.1) is 0 Å². The summed E-state index contributed by atoms with van der Waals surface area (Å²) in [6.07, 6.45) is 1.80. The first-order valence-corrected chi connectivity index (χ1v) is 7.93. The lowest BCUT2D eigenvalue weighted by Crippen LogP contribution is -2.34. The molecule has 24 heavy (non-hydrogen) atoms. The Morgan fingerprint density at radius 1 is 1.12 bits per heavy atom. The van der Waals surface area contributed by atoms with E-state index in [2.05, 4.69) is 5.32 Å². The van der Waals surface area contributed by atoms with Gasteiger partial charge in [-0.25, -0.2) is 9.18 Å². The lowest BCUT2D eigenvalue weighted by molar-refractivity contribution is 0.174. The lowest BCUT2D eigenvalue weighted by atomic mass is 10.0. The lowest BCUT2D eigenvalue weighted by Gasteiger charge is -2.25. The van der Waals surface area contributed by atoms with E-state index in [0.717, 1.165) is 18.4 Å². The number of fused-ring (bicyclic) bond motifs is 1. The third-order valence-electron chi connectivity index (χ3n) is 4.39. The van der Waals surface area contributed by atoms with Gasteiger partial charge in [-0.1, -0.05) is 12.1 Å². The zero-order chi connectivity index (χ0) is 16.5. The van der Waals surface area contributed by atoms with E-state index in [0.29, 0.717) is 23.7 Å². The summed E-state index contributed by atoms with van der Waals surface area (Å²) in [5, 5.41) is 2.90. The van der Waals surface area contributed by atoms with Gasteiger partial charge in [0.1, 0.15) is 5.82 Å². The second-order valence-electron chi connectivity index (χ2n) is 5.90. The van der Waals surface area contributed by atoms with Gasteiger partial charge in [0, 0.05) is 18.3 Å². The molecule has 0 aliphatic carbocycles. The van der Waals surface area contributed by atoms with Crippen LogP contribution in [0.15, 0.2) is 42.5 Å². The number of halogens is 1. The topological polar surface area (TPSA) is 50.8 Å². The van der Waals surface area contributed by atoms with E-state index < -0.39 is 0 Å². The summed E-state index contributed by atoms with van der Waals surface area (Å²) >= 11 is 0. The minimum atomic E-state index is -0.270. The van der Waals surface area contributed by atoms with Crippen molar-refractivity contribution in [3.8, 4) is 11.5 Å². The monoisotopic (exact) mass is 328 g/mol. The van der Waals surface area contributed by atoms with Crippen molar-refractivity contribution in [2.24, 2.45) is 0 Å². The molecule has 1 fully saturated rings. The van der Waals surface area contributed by atoms with Crippen LogP contribution in [0.4, 0.5) is 14.9 Å². The fraction of sp³-hybridized carbons (Fsp3) is 0.278. The Bertz CT molecular complexity index is 763. The van der Waals surface area contributed by atoms with Crippen LogP contribution in [0.1, 0.15) is 24.4 Å². The molecule has 2 amide bonds. The van der Waals surface area contributed by atoms with E-state index in [4.69, 9.17) is 9.47 Å². The van der Waals surface area contributed by atoms with Crippen LogP contribution in [0, 0.1) is 5.82 Å². The van der Waals surface area contributed by atoms with Crippen LogP contribution in [0.2, 0.25) is 0 Å². The number of carbonyl (C=O) groups is 1. The number of hydrogen-bond acceptors (Lipinski definition) is 3. The smallest absolute Gasteiger partial charge is 0.322 e. The number of carbonyl (C=O) groups excluding carboxylic acids is 1. The number of hydrogen-bond donors (Lipinski definition) is 1. The largest absolute Gasteiger partial charge is 0.454 e. The van der Waals surface area contributed by atoms with Crippen LogP contribution in [-0.4, -0.2) is 24.3 Å². The van der Waals surface area contributed by atoms with E-state index in [1.807, 2.05) is 0 Å². The maximum Gasteiger partial charge on any atom is 0.322 e. The summed E-state index contributed by atoms with van der Waals surface area (Å²) in [6, 6.07) is 11.5. The standard InChI is InChI=1S/C18H17FN2O3/c19-13-5-3-12(4-6-13)15-2-1-9-21(15)18(22)20-14-7-8-16-17(10-14)24-11-23-16/h3-8,10,15H,1-2,9,11H2,(H,20,22)/t15-/m0/s1. The summed E-state index contributed by atoms with van der Waals surface area (Å²) in [7, 11) is 0. The van der Waals surface area contributed by atoms with E-state index >= 15 is 0 Å². The first-order valence-electron chi connectivity index (χ1n) is 7.93. The number of amides is 2. The predicted molar refractivity (Wildman–Crippen MR) is 86.7 cm³/mol. The van der Waals surface area contributed by atoms with Crippen LogP contribution in [0.3, 0.4) is 0 Å². The van der Waals surface area contributed by atoms with Crippen LogP contribution >= 0.6 is 0 Å². The van der Waals surface area contributed by atoms with E-state index in [9.17, 15) is 9.18 Å². The molecule has 0 aromatic heterocycles. The fourth-order valence-electron chi connectivity index (χ4n) is 3.21. The van der Waals surface area contributed by atoms with Crippen molar-refractivity contribution in [1.29, 1.82) is 0 Å². The van der Waals surface area contributed by atoms with Gasteiger partial charge < -0.3 is 19.7 Å². The number of anilines is 1. The highest BCUT2D eigenvalue weighted by Crippen LogP contribution is 2.35. The van der Waals surface area contributed by atoms with Crippen LogP contribution in [0.5, 0.6) is 11.5 Å². The molecule has 6 heteroatoms. The average Bonchev–Trinajstić information content (AvgIpc) is 3.24. The van der Waals surface area contributed by atoms with Gasteiger partial charge in [-0.3, -0.25) is 0 Å². The SMILES string of the molecule is O=C(Nc1ccc2c(c1)OCO2)N1CCC[C@H]1c1ccc(F)cc1. The molecule has 4 rings (SSSR count). The summed E-state index contributed by atoms with van der Waals surface area (Å²) < 4.78 is 23.7. The quantitative estimate of drug-likeness (QED) is 0.909. The summed E-state index contributed by atoms with van der Waals surface area (Å²) in [5.74, 6) is 1.04. The molecule has 124 valence electrons. The third kappa shape index (κ3) is 2.75. The fourth-order valence-corrected chi connectivity index (χ4v) is 3.21. The van der Waals surface area contributed by atoms with Crippen molar-refractivity contribution in [3.05, 3.63) is 53.8 Å². The number of benzene rings is 2. The average molecular weight is 328 g/mol. The first kappa shape index (κ1) is 14.8. The van der Waals surface area contributed by atoms with Crippen molar-refractivity contribution >= 4 is 11.7 Å². The molecule has 0 bridgehead atoms. The van der Waals surface area contributed by atoms with Gasteiger partial charge in [0.05, 0.1) is 6.04 Å². The third-order valence-corrected chi connectivity index (χ3v) is 4.39. The Labute approximate surface area is 139 Å². The zero-order valence-electron chi connectivity index (χ0n) is 13.0. The number of urea groups is 1. The molecule has 1 N–H and O–H groups in total. The Morgan fingerprint density at radius 2 is 1.92 bits per heavy atom. The van der Waals surface area contributed by atoms with Gasteiger partial charge in [0.25, 0.3) is 0 Å². The molecular weight excluding hydrogens is 311 g/mol. The zero-order valence-corrected chi connectivity index (χ0v) is 13.0. The normalized spacial score (nSPS) is 18.7. The molecule has 1 atom stereocenters. The molecule has 0 spiro atoms. The molecular formula is C18H17FN2O3. The Hall–Kier alpha value is -2.76. The highest BCUT2D eigenvalue weighted by Gasteiger charge is 2.30. The molecule has 0 radical (unpaired) electrons. The predicted octanol–water partition coefficient (Wildman–Crippen LogP) is 3.92. The number of nitrogens with zero attached hydrogens (tertiary/aromatic N) is 1. The van der Waals surface area contributed by atoms with E-state index in [1.54, 1.807) is 35.2 Å². The highest BCUT2D eigenvalue weighted by atomic mass is 19.1. The van der Waals surface area contributed by atoms with Crippen molar-refractivity contribution in [1.82, 2.24) is 4.90 Å². The van der Waals surface area contributed by atoms with Gasteiger partial charge in [0.2, 0.25) is 6.79 Å². The number of rotatable bonds is 2. The van der Waals surface area contributed by atoms with E-state index in [-0.39, 0.29) is 24.7 Å². The minimum absolute atomic E-state index is 0.0281.